The summed E-state index contributed by atoms with van der Waals surface area (Å²) < 4.78 is 12.9. The molecule has 0 bridgehead atoms. The first-order valence-corrected chi connectivity index (χ1v) is 7.31. The van der Waals surface area contributed by atoms with Crippen LogP contribution in [0.5, 0.6) is 0 Å². The summed E-state index contributed by atoms with van der Waals surface area (Å²) in [6.07, 6.45) is 4.27. The normalized spacial score (nSPS) is 22.6. The average Bonchev–Trinajstić information content (AvgIpc) is 2.48. The molecule has 0 spiro atoms. The van der Waals surface area contributed by atoms with Crippen molar-refractivity contribution in [3.63, 3.8) is 0 Å². The van der Waals surface area contributed by atoms with Gasteiger partial charge >= 0.3 is 0 Å². The van der Waals surface area contributed by atoms with E-state index in [1.807, 2.05) is 7.05 Å². The molecule has 110 valence electrons. The van der Waals surface area contributed by atoms with Gasteiger partial charge in [-0.25, -0.2) is 4.39 Å². The summed E-state index contributed by atoms with van der Waals surface area (Å²) in [4.78, 5) is 14.3. The van der Waals surface area contributed by atoms with Crippen LogP contribution < -0.4 is 5.73 Å². The number of carbonyl (C=O) groups is 1. The largest absolute Gasteiger partial charge is 0.341 e. The van der Waals surface area contributed by atoms with Crippen molar-refractivity contribution in [2.75, 3.05) is 13.6 Å². The molecule has 0 radical (unpaired) electrons. The number of nitrogens with two attached hydrogens (primary N) is 1. The van der Waals surface area contributed by atoms with E-state index in [2.05, 4.69) is 0 Å². The molecule has 0 saturated heterocycles. The SMILES string of the molecule is CN(Cc1ccc(F)cc1)C(=O)C1CCCCC1CN. The van der Waals surface area contributed by atoms with Gasteiger partial charge in [-0.2, -0.15) is 0 Å². The molecule has 4 heteroatoms. The summed E-state index contributed by atoms with van der Waals surface area (Å²) in [5.74, 6) is 0.286. The van der Waals surface area contributed by atoms with Crippen LogP contribution in [0.2, 0.25) is 0 Å². The minimum atomic E-state index is -0.252. The Labute approximate surface area is 120 Å². The molecule has 1 aliphatic carbocycles. The Morgan fingerprint density at radius 2 is 1.95 bits per heavy atom. The molecule has 2 atom stereocenters. The first-order valence-electron chi connectivity index (χ1n) is 7.31. The fourth-order valence-corrected chi connectivity index (χ4v) is 3.04. The van der Waals surface area contributed by atoms with Crippen molar-refractivity contribution in [1.82, 2.24) is 4.90 Å². The molecule has 0 heterocycles. The van der Waals surface area contributed by atoms with Gasteiger partial charge in [-0.15, -0.1) is 0 Å². The Bertz CT molecular complexity index is 446. The van der Waals surface area contributed by atoms with Gasteiger partial charge in [0.2, 0.25) is 5.91 Å². The molecule has 1 fully saturated rings. The highest BCUT2D eigenvalue weighted by molar-refractivity contribution is 5.79. The van der Waals surface area contributed by atoms with Crippen molar-refractivity contribution >= 4 is 5.91 Å². The number of carbonyl (C=O) groups excluding carboxylic acids is 1. The van der Waals surface area contributed by atoms with Crippen LogP contribution in [0, 0.1) is 17.7 Å². The average molecular weight is 278 g/mol. The lowest BCUT2D eigenvalue weighted by Crippen LogP contribution is -2.40. The molecule has 1 amide bonds. The highest BCUT2D eigenvalue weighted by Gasteiger charge is 2.31. The second-order valence-electron chi connectivity index (χ2n) is 5.71. The Balaban J connectivity index is 1.98. The summed E-state index contributed by atoms with van der Waals surface area (Å²) >= 11 is 0. The minimum absolute atomic E-state index is 0.0548. The molecular weight excluding hydrogens is 255 g/mol. The molecule has 1 aromatic rings. The van der Waals surface area contributed by atoms with Gasteiger partial charge in [-0.3, -0.25) is 4.79 Å². The summed E-state index contributed by atoms with van der Waals surface area (Å²) in [5.41, 5.74) is 6.74. The van der Waals surface area contributed by atoms with E-state index in [-0.39, 0.29) is 17.6 Å². The molecule has 1 saturated carbocycles. The molecule has 2 unspecified atom stereocenters. The van der Waals surface area contributed by atoms with Gasteiger partial charge in [0.15, 0.2) is 0 Å². The monoisotopic (exact) mass is 278 g/mol. The van der Waals surface area contributed by atoms with E-state index in [0.29, 0.717) is 19.0 Å². The third-order valence-electron chi connectivity index (χ3n) is 4.24. The lowest BCUT2D eigenvalue weighted by molar-refractivity contribution is -0.137. The van der Waals surface area contributed by atoms with Gasteiger partial charge < -0.3 is 10.6 Å². The number of nitrogens with zero attached hydrogens (tertiary/aromatic N) is 1. The summed E-state index contributed by atoms with van der Waals surface area (Å²) in [5, 5.41) is 0. The predicted octanol–water partition coefficient (Wildman–Crippen LogP) is 2.55. The molecule has 0 aliphatic heterocycles. The number of hydrogen-bond acceptors (Lipinski definition) is 2. The zero-order valence-electron chi connectivity index (χ0n) is 12.0. The van der Waals surface area contributed by atoms with Crippen molar-refractivity contribution in [3.8, 4) is 0 Å². The lowest BCUT2D eigenvalue weighted by atomic mass is 9.78. The van der Waals surface area contributed by atoms with Crippen LogP contribution in [-0.2, 0) is 11.3 Å². The fourth-order valence-electron chi connectivity index (χ4n) is 3.04. The maximum absolute atomic E-state index is 12.9. The number of amides is 1. The highest BCUT2D eigenvalue weighted by atomic mass is 19.1. The first kappa shape index (κ1) is 15.0. The van der Waals surface area contributed by atoms with Crippen LogP contribution >= 0.6 is 0 Å². The van der Waals surface area contributed by atoms with Crippen molar-refractivity contribution in [1.29, 1.82) is 0 Å². The van der Waals surface area contributed by atoms with E-state index in [0.717, 1.165) is 24.8 Å². The summed E-state index contributed by atoms with van der Waals surface area (Å²) in [7, 11) is 1.81. The van der Waals surface area contributed by atoms with Crippen molar-refractivity contribution < 1.29 is 9.18 Å². The summed E-state index contributed by atoms with van der Waals surface area (Å²) in [6.45, 7) is 1.10. The van der Waals surface area contributed by atoms with E-state index >= 15 is 0 Å². The van der Waals surface area contributed by atoms with E-state index < -0.39 is 0 Å². The predicted molar refractivity (Wildman–Crippen MR) is 77.4 cm³/mol. The third-order valence-corrected chi connectivity index (χ3v) is 4.24. The molecule has 3 nitrogen and oxygen atoms in total. The smallest absolute Gasteiger partial charge is 0.226 e. The highest BCUT2D eigenvalue weighted by Crippen LogP contribution is 2.30. The van der Waals surface area contributed by atoms with E-state index in [9.17, 15) is 9.18 Å². The summed E-state index contributed by atoms with van der Waals surface area (Å²) in [6, 6.07) is 6.30. The Morgan fingerprint density at radius 3 is 2.60 bits per heavy atom. The third kappa shape index (κ3) is 3.57. The molecule has 2 rings (SSSR count). The number of benzene rings is 1. The van der Waals surface area contributed by atoms with E-state index in [1.54, 1.807) is 17.0 Å². The molecule has 0 aromatic heterocycles. The maximum atomic E-state index is 12.9. The van der Waals surface area contributed by atoms with Crippen LogP contribution in [0.15, 0.2) is 24.3 Å². The maximum Gasteiger partial charge on any atom is 0.226 e. The first-order chi connectivity index (χ1) is 9.61. The molecule has 2 N–H and O–H groups in total. The van der Waals surface area contributed by atoms with Gasteiger partial charge in [-0.1, -0.05) is 25.0 Å². The van der Waals surface area contributed by atoms with Gasteiger partial charge in [0.05, 0.1) is 0 Å². The lowest BCUT2D eigenvalue weighted by Gasteiger charge is -2.32. The number of hydrogen-bond donors (Lipinski definition) is 1. The van der Waals surface area contributed by atoms with Crippen LogP contribution in [-0.4, -0.2) is 24.4 Å². The number of rotatable bonds is 4. The van der Waals surface area contributed by atoms with Crippen molar-refractivity contribution in [2.45, 2.75) is 32.2 Å². The van der Waals surface area contributed by atoms with Gasteiger partial charge in [-0.05, 0) is 43.0 Å². The Morgan fingerprint density at radius 1 is 1.30 bits per heavy atom. The standard InChI is InChI=1S/C16H23FN2O/c1-19(11-12-6-8-14(17)9-7-12)16(20)15-5-3-2-4-13(15)10-18/h6-9,13,15H,2-5,10-11,18H2,1H3. The van der Waals surface area contributed by atoms with Gasteiger partial charge in [0.1, 0.15) is 5.82 Å². The zero-order valence-corrected chi connectivity index (χ0v) is 12.0. The zero-order chi connectivity index (χ0) is 14.5. The Hall–Kier alpha value is -1.42. The van der Waals surface area contributed by atoms with Crippen LogP contribution in [0.1, 0.15) is 31.2 Å². The topological polar surface area (TPSA) is 46.3 Å². The van der Waals surface area contributed by atoms with Crippen LogP contribution in [0.25, 0.3) is 0 Å². The second kappa shape index (κ2) is 6.84. The Kier molecular flexibility index (Phi) is 5.12. The molecular formula is C16H23FN2O. The fraction of sp³-hybridized carbons (Fsp3) is 0.562. The van der Waals surface area contributed by atoms with E-state index in [1.165, 1.54) is 18.6 Å². The molecule has 20 heavy (non-hydrogen) atoms. The quantitative estimate of drug-likeness (QED) is 0.920. The van der Waals surface area contributed by atoms with Crippen LogP contribution in [0.4, 0.5) is 4.39 Å². The van der Waals surface area contributed by atoms with Gasteiger partial charge in [0, 0.05) is 19.5 Å². The van der Waals surface area contributed by atoms with Crippen molar-refractivity contribution in [2.24, 2.45) is 17.6 Å². The van der Waals surface area contributed by atoms with Gasteiger partial charge in [0.25, 0.3) is 0 Å². The molecule has 1 aliphatic rings. The van der Waals surface area contributed by atoms with Crippen molar-refractivity contribution in [3.05, 3.63) is 35.6 Å². The minimum Gasteiger partial charge on any atom is -0.341 e. The second-order valence-corrected chi connectivity index (χ2v) is 5.71. The number of halogens is 1. The molecule has 1 aromatic carbocycles. The van der Waals surface area contributed by atoms with E-state index in [4.69, 9.17) is 5.73 Å². The van der Waals surface area contributed by atoms with Crippen LogP contribution in [0.3, 0.4) is 0 Å².